The number of para-hydroxylation sites is 1. The second-order valence-electron chi connectivity index (χ2n) is 5.71. The molecule has 0 saturated heterocycles. The molecule has 0 radical (unpaired) electrons. The predicted molar refractivity (Wildman–Crippen MR) is 84.8 cm³/mol. The molecule has 2 aromatic rings. The number of amides is 1. The van der Waals surface area contributed by atoms with E-state index in [0.29, 0.717) is 18.1 Å². The van der Waals surface area contributed by atoms with E-state index < -0.39 is 0 Å². The van der Waals surface area contributed by atoms with Crippen LogP contribution in [-0.4, -0.2) is 27.2 Å². The number of rotatable bonds is 1. The molecule has 5 heteroatoms. The van der Waals surface area contributed by atoms with Crippen molar-refractivity contribution in [3.63, 3.8) is 0 Å². The van der Waals surface area contributed by atoms with Gasteiger partial charge in [0.1, 0.15) is 11.5 Å². The van der Waals surface area contributed by atoms with E-state index in [1.54, 1.807) is 19.2 Å². The van der Waals surface area contributed by atoms with Crippen molar-refractivity contribution in [2.45, 2.75) is 30.4 Å². The fourth-order valence-electron chi connectivity index (χ4n) is 2.46. The minimum absolute atomic E-state index is 0.0217. The topological polar surface area (TPSA) is 46.1 Å². The molecule has 0 atom stereocenters. The molecular formula is C16H17N3OS. The van der Waals surface area contributed by atoms with E-state index in [1.807, 2.05) is 34.9 Å². The average molecular weight is 299 g/mol. The van der Waals surface area contributed by atoms with Gasteiger partial charge in [0, 0.05) is 22.4 Å². The van der Waals surface area contributed by atoms with Gasteiger partial charge in [-0.15, -0.1) is 11.8 Å². The Bertz CT molecular complexity index is 699. The number of aromatic nitrogens is 2. The zero-order valence-corrected chi connectivity index (χ0v) is 13.1. The maximum atomic E-state index is 12.8. The van der Waals surface area contributed by atoms with Gasteiger partial charge in [-0.05, 0) is 39.0 Å². The van der Waals surface area contributed by atoms with Gasteiger partial charge in [0.2, 0.25) is 0 Å². The number of anilines is 1. The van der Waals surface area contributed by atoms with Gasteiger partial charge in [0.05, 0.1) is 5.69 Å². The molecule has 1 amide bonds. The molecule has 0 aliphatic carbocycles. The molecule has 1 aliphatic heterocycles. The van der Waals surface area contributed by atoms with Crippen LogP contribution in [0.15, 0.2) is 41.4 Å². The Morgan fingerprint density at radius 2 is 2.05 bits per heavy atom. The van der Waals surface area contributed by atoms with E-state index in [0.717, 1.165) is 10.6 Å². The average Bonchev–Trinajstić information content (AvgIpc) is 2.44. The highest BCUT2D eigenvalue weighted by Crippen LogP contribution is 2.44. The Hall–Kier alpha value is -1.88. The number of hydrogen-bond donors (Lipinski definition) is 0. The van der Waals surface area contributed by atoms with Gasteiger partial charge in [-0.3, -0.25) is 4.79 Å². The lowest BCUT2D eigenvalue weighted by molar-refractivity contribution is 0.0978. The molecule has 0 spiro atoms. The number of hydrogen-bond acceptors (Lipinski definition) is 4. The van der Waals surface area contributed by atoms with Crippen molar-refractivity contribution in [1.82, 2.24) is 9.97 Å². The van der Waals surface area contributed by atoms with Crippen molar-refractivity contribution in [2.75, 3.05) is 11.4 Å². The summed E-state index contributed by atoms with van der Waals surface area (Å²) in [5, 5.41) is 0. The summed E-state index contributed by atoms with van der Waals surface area (Å²) >= 11 is 1.81. The van der Waals surface area contributed by atoms with Crippen molar-refractivity contribution in [1.29, 1.82) is 0 Å². The van der Waals surface area contributed by atoms with E-state index in [1.165, 1.54) is 0 Å². The third-order valence-electron chi connectivity index (χ3n) is 3.32. The molecule has 4 nitrogen and oxygen atoms in total. The SMILES string of the molecule is Cc1nccc(C(=O)N2CC(C)(C)Sc3ccccc32)n1. The summed E-state index contributed by atoms with van der Waals surface area (Å²) in [5.41, 5.74) is 1.41. The molecular weight excluding hydrogens is 282 g/mol. The molecule has 3 rings (SSSR count). The lowest BCUT2D eigenvalue weighted by atomic mass is 10.1. The number of thioether (sulfide) groups is 1. The van der Waals surface area contributed by atoms with Crippen LogP contribution in [0, 0.1) is 6.92 Å². The summed E-state index contributed by atoms with van der Waals surface area (Å²) in [6.07, 6.45) is 1.63. The van der Waals surface area contributed by atoms with E-state index in [9.17, 15) is 4.79 Å². The highest BCUT2D eigenvalue weighted by Gasteiger charge is 2.34. The maximum absolute atomic E-state index is 12.8. The van der Waals surface area contributed by atoms with Gasteiger partial charge in [-0.1, -0.05) is 12.1 Å². The summed E-state index contributed by atoms with van der Waals surface area (Å²) in [6, 6.07) is 9.69. The van der Waals surface area contributed by atoms with Crippen molar-refractivity contribution >= 4 is 23.4 Å². The largest absolute Gasteiger partial charge is 0.305 e. The first kappa shape index (κ1) is 14.1. The summed E-state index contributed by atoms with van der Waals surface area (Å²) in [7, 11) is 0. The minimum atomic E-state index is -0.0682. The molecule has 1 aromatic heterocycles. The van der Waals surface area contributed by atoms with Crippen LogP contribution in [0.25, 0.3) is 0 Å². The van der Waals surface area contributed by atoms with Crippen molar-refractivity contribution in [3.8, 4) is 0 Å². The number of aryl methyl sites for hydroxylation is 1. The van der Waals surface area contributed by atoms with Crippen molar-refractivity contribution in [3.05, 3.63) is 48.0 Å². The summed E-state index contributed by atoms with van der Waals surface area (Å²) in [5.74, 6) is 0.543. The summed E-state index contributed by atoms with van der Waals surface area (Å²) in [4.78, 5) is 24.1. The monoisotopic (exact) mass is 299 g/mol. The highest BCUT2D eigenvalue weighted by molar-refractivity contribution is 8.00. The number of benzene rings is 1. The molecule has 0 fully saturated rings. The lowest BCUT2D eigenvalue weighted by Crippen LogP contribution is -2.44. The van der Waals surface area contributed by atoms with Gasteiger partial charge in [-0.2, -0.15) is 0 Å². The van der Waals surface area contributed by atoms with E-state index in [4.69, 9.17) is 0 Å². The minimum Gasteiger partial charge on any atom is -0.305 e. The Kier molecular flexibility index (Phi) is 3.45. The fraction of sp³-hybridized carbons (Fsp3) is 0.312. The van der Waals surface area contributed by atoms with Gasteiger partial charge in [-0.25, -0.2) is 9.97 Å². The van der Waals surface area contributed by atoms with Crippen LogP contribution >= 0.6 is 11.8 Å². The van der Waals surface area contributed by atoms with Crippen LogP contribution in [0.4, 0.5) is 5.69 Å². The van der Waals surface area contributed by atoms with Gasteiger partial charge in [0.15, 0.2) is 0 Å². The van der Waals surface area contributed by atoms with Gasteiger partial charge < -0.3 is 4.90 Å². The smallest absolute Gasteiger partial charge is 0.277 e. The van der Waals surface area contributed by atoms with E-state index in [-0.39, 0.29) is 10.7 Å². The van der Waals surface area contributed by atoms with E-state index in [2.05, 4.69) is 29.9 Å². The van der Waals surface area contributed by atoms with E-state index >= 15 is 0 Å². The number of carbonyl (C=O) groups excluding carboxylic acids is 1. The van der Waals surface area contributed by atoms with Crippen LogP contribution in [0.3, 0.4) is 0 Å². The second kappa shape index (κ2) is 5.15. The zero-order valence-electron chi connectivity index (χ0n) is 12.3. The lowest BCUT2D eigenvalue weighted by Gasteiger charge is -2.38. The Labute approximate surface area is 128 Å². The molecule has 108 valence electrons. The quantitative estimate of drug-likeness (QED) is 0.810. The molecule has 1 aliphatic rings. The standard InChI is InChI=1S/C16H17N3OS/c1-11-17-9-8-12(18-11)15(20)19-10-16(2,3)21-14-7-5-4-6-13(14)19/h4-9H,10H2,1-3H3. The van der Waals surface area contributed by atoms with Gasteiger partial charge >= 0.3 is 0 Å². The Balaban J connectivity index is 2.03. The van der Waals surface area contributed by atoms with Gasteiger partial charge in [0.25, 0.3) is 5.91 Å². The number of carbonyl (C=O) groups is 1. The van der Waals surface area contributed by atoms with Crippen LogP contribution in [0.5, 0.6) is 0 Å². The zero-order chi connectivity index (χ0) is 15.0. The maximum Gasteiger partial charge on any atom is 0.277 e. The predicted octanol–water partition coefficient (Wildman–Crippen LogP) is 3.32. The molecule has 0 bridgehead atoms. The second-order valence-corrected chi connectivity index (χ2v) is 7.46. The van der Waals surface area contributed by atoms with Crippen LogP contribution in [-0.2, 0) is 0 Å². The normalized spacial score (nSPS) is 16.4. The molecule has 1 aromatic carbocycles. The molecule has 21 heavy (non-hydrogen) atoms. The molecule has 0 unspecified atom stereocenters. The van der Waals surface area contributed by atoms with Crippen LogP contribution < -0.4 is 4.90 Å². The van der Waals surface area contributed by atoms with Crippen LogP contribution in [0.2, 0.25) is 0 Å². The summed E-state index contributed by atoms with van der Waals surface area (Å²) < 4.78 is -0.0217. The molecule has 0 saturated carbocycles. The van der Waals surface area contributed by atoms with Crippen molar-refractivity contribution in [2.24, 2.45) is 0 Å². The summed E-state index contributed by atoms with van der Waals surface area (Å²) in [6.45, 7) is 6.76. The molecule has 2 heterocycles. The third-order valence-corrected chi connectivity index (χ3v) is 4.57. The molecule has 0 N–H and O–H groups in total. The Morgan fingerprint density at radius 1 is 1.29 bits per heavy atom. The van der Waals surface area contributed by atoms with Crippen LogP contribution in [0.1, 0.15) is 30.2 Å². The first-order chi connectivity index (χ1) is 9.96. The first-order valence-corrected chi connectivity index (χ1v) is 7.67. The third kappa shape index (κ3) is 2.78. The first-order valence-electron chi connectivity index (χ1n) is 6.86. The number of fused-ring (bicyclic) bond motifs is 1. The highest BCUT2D eigenvalue weighted by atomic mass is 32.2. The van der Waals surface area contributed by atoms with Crippen molar-refractivity contribution < 1.29 is 4.79 Å². The number of nitrogens with zero attached hydrogens (tertiary/aromatic N) is 3. The fourth-order valence-corrected chi connectivity index (χ4v) is 3.68. The Morgan fingerprint density at radius 3 is 2.81 bits per heavy atom.